The van der Waals surface area contributed by atoms with Crippen LogP contribution in [0.2, 0.25) is 0 Å². The van der Waals surface area contributed by atoms with Crippen molar-refractivity contribution in [3.05, 3.63) is 75.6 Å². The van der Waals surface area contributed by atoms with E-state index in [2.05, 4.69) is 0 Å². The minimum atomic E-state index is -0.897. The number of carbonyl (C=O) groups is 2. The van der Waals surface area contributed by atoms with E-state index < -0.39 is 17.7 Å². The maximum absolute atomic E-state index is 13.4. The number of benzene rings is 2. The van der Waals surface area contributed by atoms with Crippen molar-refractivity contribution in [3.8, 4) is 5.75 Å². The lowest BCUT2D eigenvalue weighted by molar-refractivity contribution is -0.149. The number of ketones is 1. The molecule has 3 rings (SSSR count). The van der Waals surface area contributed by atoms with Crippen LogP contribution in [0.1, 0.15) is 41.8 Å². The van der Waals surface area contributed by atoms with E-state index in [0.29, 0.717) is 22.9 Å². The van der Waals surface area contributed by atoms with Gasteiger partial charge in [0, 0.05) is 17.0 Å². The van der Waals surface area contributed by atoms with Gasteiger partial charge in [-0.3, -0.25) is 4.79 Å². The summed E-state index contributed by atoms with van der Waals surface area (Å²) in [6.45, 7) is 5.68. The van der Waals surface area contributed by atoms with Gasteiger partial charge < -0.3 is 13.9 Å². The molecule has 156 valence electrons. The number of esters is 1. The van der Waals surface area contributed by atoms with E-state index in [-0.39, 0.29) is 28.6 Å². The smallest absolute Gasteiger partial charge is 0.347 e. The molecule has 0 aliphatic carbocycles. The van der Waals surface area contributed by atoms with Crippen molar-refractivity contribution < 1.29 is 23.5 Å². The van der Waals surface area contributed by atoms with Crippen LogP contribution >= 0.6 is 0 Å². The average Bonchev–Trinajstić information content (AvgIpc) is 2.72. The summed E-state index contributed by atoms with van der Waals surface area (Å²) in [6, 6.07) is 13.4. The summed E-state index contributed by atoms with van der Waals surface area (Å²) in [5.74, 6) is -0.574. The molecule has 3 aromatic rings. The fourth-order valence-electron chi connectivity index (χ4n) is 3.32. The molecule has 1 atom stereocenters. The van der Waals surface area contributed by atoms with Crippen LogP contribution in [-0.2, 0) is 9.53 Å². The molecule has 0 N–H and O–H groups in total. The Balaban J connectivity index is 2.22. The average molecular weight is 408 g/mol. The first kappa shape index (κ1) is 21.3. The van der Waals surface area contributed by atoms with Gasteiger partial charge in [0.1, 0.15) is 11.3 Å². The maximum Gasteiger partial charge on any atom is 0.347 e. The summed E-state index contributed by atoms with van der Waals surface area (Å²) in [6.07, 6.45) is -0.493. The van der Waals surface area contributed by atoms with Crippen LogP contribution in [0.3, 0.4) is 0 Å². The topological polar surface area (TPSA) is 82.8 Å². The molecule has 0 aliphatic heterocycles. The van der Waals surface area contributed by atoms with Crippen LogP contribution in [0.25, 0.3) is 11.0 Å². The number of hydrogen-bond acceptors (Lipinski definition) is 6. The summed E-state index contributed by atoms with van der Waals surface area (Å²) in [5.41, 5.74) is 0.779. The number of methoxy groups -OCH3 is 1. The van der Waals surface area contributed by atoms with E-state index in [1.54, 1.807) is 49.4 Å². The highest BCUT2D eigenvalue weighted by Crippen LogP contribution is 2.32. The van der Waals surface area contributed by atoms with Gasteiger partial charge >= 0.3 is 11.6 Å². The lowest BCUT2D eigenvalue weighted by Crippen LogP contribution is -2.30. The minimum absolute atomic E-state index is 0.108. The van der Waals surface area contributed by atoms with Crippen molar-refractivity contribution in [2.45, 2.75) is 33.3 Å². The monoisotopic (exact) mass is 408 g/mol. The van der Waals surface area contributed by atoms with Crippen LogP contribution in [0, 0.1) is 12.8 Å². The fraction of sp³-hybridized carbons (Fsp3) is 0.292. The molecule has 0 saturated heterocycles. The lowest BCUT2D eigenvalue weighted by Gasteiger charge is -2.21. The zero-order chi connectivity index (χ0) is 21.8. The molecule has 30 heavy (non-hydrogen) atoms. The van der Waals surface area contributed by atoms with Crippen molar-refractivity contribution in [1.82, 2.24) is 0 Å². The van der Waals surface area contributed by atoms with Crippen LogP contribution in [0.4, 0.5) is 0 Å². The summed E-state index contributed by atoms with van der Waals surface area (Å²) in [7, 11) is 1.29. The number of ether oxygens (including phenoxy) is 2. The first-order chi connectivity index (χ1) is 14.3. The van der Waals surface area contributed by atoms with Crippen molar-refractivity contribution in [1.29, 1.82) is 0 Å². The number of rotatable bonds is 7. The van der Waals surface area contributed by atoms with Gasteiger partial charge in [-0.2, -0.15) is 0 Å². The highest BCUT2D eigenvalue weighted by molar-refractivity contribution is 6.17. The van der Waals surface area contributed by atoms with Crippen molar-refractivity contribution >= 4 is 22.7 Å². The maximum atomic E-state index is 13.4. The fourth-order valence-corrected chi connectivity index (χ4v) is 3.32. The molecule has 0 bridgehead atoms. The van der Waals surface area contributed by atoms with Crippen molar-refractivity contribution in [3.63, 3.8) is 0 Å². The van der Waals surface area contributed by atoms with Crippen LogP contribution < -0.4 is 10.4 Å². The van der Waals surface area contributed by atoms with Gasteiger partial charge in [0.2, 0.25) is 5.78 Å². The Bertz CT molecular complexity index is 1130. The van der Waals surface area contributed by atoms with Gasteiger partial charge in [-0.15, -0.1) is 0 Å². The standard InChI is InChI=1S/C24H24O6/c1-14(2)12-19(24(27)28-4)29-18-11-10-17-15(3)13-20(25)30-23(17)21(18)22(26)16-8-6-5-7-9-16/h5-11,13-14,19H,12H2,1-4H3/t19-/m0/s1. The Labute approximate surface area is 174 Å². The number of fused-ring (bicyclic) bond motifs is 1. The van der Waals surface area contributed by atoms with E-state index in [0.717, 1.165) is 0 Å². The first-order valence-corrected chi connectivity index (χ1v) is 9.73. The quantitative estimate of drug-likeness (QED) is 0.329. The molecule has 0 spiro atoms. The summed E-state index contributed by atoms with van der Waals surface area (Å²) in [4.78, 5) is 37.7. The van der Waals surface area contributed by atoms with Crippen molar-refractivity contribution in [2.75, 3.05) is 7.11 Å². The molecule has 0 radical (unpaired) electrons. The van der Waals surface area contributed by atoms with E-state index in [1.165, 1.54) is 13.2 Å². The highest BCUT2D eigenvalue weighted by atomic mass is 16.6. The van der Waals surface area contributed by atoms with Gasteiger partial charge in [0.25, 0.3) is 0 Å². The largest absolute Gasteiger partial charge is 0.478 e. The molecular weight excluding hydrogens is 384 g/mol. The highest BCUT2D eigenvalue weighted by Gasteiger charge is 2.27. The van der Waals surface area contributed by atoms with Gasteiger partial charge in [-0.05, 0) is 37.0 Å². The minimum Gasteiger partial charge on any atom is -0.478 e. The third kappa shape index (κ3) is 4.43. The Morgan fingerprint density at radius 3 is 2.40 bits per heavy atom. The third-order valence-corrected chi connectivity index (χ3v) is 4.76. The second-order valence-corrected chi connectivity index (χ2v) is 7.52. The number of hydrogen-bond donors (Lipinski definition) is 0. The second-order valence-electron chi connectivity index (χ2n) is 7.52. The molecule has 6 nitrogen and oxygen atoms in total. The normalized spacial score (nSPS) is 12.0. The molecule has 0 amide bonds. The molecule has 0 saturated carbocycles. The van der Waals surface area contributed by atoms with E-state index in [4.69, 9.17) is 13.9 Å². The molecule has 0 fully saturated rings. The zero-order valence-electron chi connectivity index (χ0n) is 17.4. The Kier molecular flexibility index (Phi) is 6.35. The third-order valence-electron chi connectivity index (χ3n) is 4.76. The van der Waals surface area contributed by atoms with Gasteiger partial charge in [-0.25, -0.2) is 9.59 Å². The van der Waals surface area contributed by atoms with Crippen LogP contribution in [-0.4, -0.2) is 25.0 Å². The number of carbonyl (C=O) groups excluding carboxylic acids is 2. The lowest BCUT2D eigenvalue weighted by atomic mass is 9.98. The summed E-state index contributed by atoms with van der Waals surface area (Å²) in [5, 5.41) is 0.625. The Morgan fingerprint density at radius 1 is 1.07 bits per heavy atom. The summed E-state index contributed by atoms with van der Waals surface area (Å²) >= 11 is 0. The van der Waals surface area contributed by atoms with E-state index in [1.807, 2.05) is 13.8 Å². The van der Waals surface area contributed by atoms with Gasteiger partial charge in [-0.1, -0.05) is 44.2 Å². The Hall–Kier alpha value is -3.41. The molecule has 1 aromatic heterocycles. The van der Waals surface area contributed by atoms with Gasteiger partial charge in [0.15, 0.2) is 11.7 Å². The number of aryl methyl sites for hydroxylation is 1. The predicted molar refractivity (Wildman–Crippen MR) is 113 cm³/mol. The van der Waals surface area contributed by atoms with Crippen molar-refractivity contribution in [2.24, 2.45) is 5.92 Å². The SMILES string of the molecule is COC(=O)[C@H](CC(C)C)Oc1ccc2c(C)cc(=O)oc2c1C(=O)c1ccccc1. The van der Waals surface area contributed by atoms with Gasteiger partial charge in [0.05, 0.1) is 7.11 Å². The van der Waals surface area contributed by atoms with E-state index in [9.17, 15) is 14.4 Å². The van der Waals surface area contributed by atoms with Crippen LogP contribution in [0.5, 0.6) is 5.75 Å². The first-order valence-electron chi connectivity index (χ1n) is 9.73. The molecule has 0 aliphatic rings. The molecule has 0 unspecified atom stereocenters. The molecule has 1 heterocycles. The molecule has 6 heteroatoms. The van der Waals surface area contributed by atoms with E-state index >= 15 is 0 Å². The molecular formula is C24H24O6. The van der Waals surface area contributed by atoms with Crippen LogP contribution in [0.15, 0.2) is 57.7 Å². The predicted octanol–water partition coefficient (Wildman–Crippen LogP) is 4.30. The second kappa shape index (κ2) is 8.95. The zero-order valence-corrected chi connectivity index (χ0v) is 17.4. The Morgan fingerprint density at radius 2 is 1.77 bits per heavy atom. The molecule has 2 aromatic carbocycles. The summed E-state index contributed by atoms with van der Waals surface area (Å²) < 4.78 is 16.3.